The van der Waals surface area contributed by atoms with E-state index >= 15 is 0 Å². The van der Waals surface area contributed by atoms with E-state index in [2.05, 4.69) is 21.2 Å². The lowest BCUT2D eigenvalue weighted by atomic mass is 10.0. The zero-order chi connectivity index (χ0) is 14.9. The first-order chi connectivity index (χ1) is 9.40. The Labute approximate surface area is 121 Å². The monoisotopic (exact) mass is 348 g/mol. The van der Waals surface area contributed by atoms with Gasteiger partial charge in [-0.2, -0.15) is 0 Å². The Morgan fingerprint density at radius 1 is 1.55 bits per heavy atom. The van der Waals surface area contributed by atoms with Crippen molar-refractivity contribution in [2.24, 2.45) is 5.92 Å². The minimum absolute atomic E-state index is 0.0309. The standard InChI is InChI=1S/C11H10BrFN2O5/c12-6-1-8(10(15(18)19)2-7(6)13)14-9-4-20-3-5(9)11(16)17/h1-2,5,9,14H,3-4H2,(H,16,17). The summed E-state index contributed by atoms with van der Waals surface area (Å²) < 4.78 is 18.5. The number of rotatable bonds is 4. The van der Waals surface area contributed by atoms with Gasteiger partial charge in [0, 0.05) is 0 Å². The Kier molecular flexibility index (Phi) is 4.19. The number of nitrogens with zero attached hydrogens (tertiary/aromatic N) is 1. The van der Waals surface area contributed by atoms with E-state index in [4.69, 9.17) is 9.84 Å². The van der Waals surface area contributed by atoms with Crippen molar-refractivity contribution >= 4 is 33.3 Å². The van der Waals surface area contributed by atoms with Gasteiger partial charge < -0.3 is 15.2 Å². The lowest BCUT2D eigenvalue weighted by Gasteiger charge is -2.17. The second-order valence-corrected chi connectivity index (χ2v) is 5.13. The normalized spacial score (nSPS) is 21.7. The van der Waals surface area contributed by atoms with Crippen LogP contribution in [0, 0.1) is 21.8 Å². The van der Waals surface area contributed by atoms with E-state index < -0.39 is 34.4 Å². The zero-order valence-corrected chi connectivity index (χ0v) is 11.6. The molecule has 1 saturated heterocycles. The molecule has 0 aliphatic carbocycles. The topological polar surface area (TPSA) is 102 Å². The Morgan fingerprint density at radius 2 is 2.25 bits per heavy atom. The molecular formula is C11H10BrFN2O5. The van der Waals surface area contributed by atoms with Gasteiger partial charge in [0.25, 0.3) is 5.69 Å². The van der Waals surface area contributed by atoms with Gasteiger partial charge in [0.05, 0.1) is 34.7 Å². The molecule has 2 unspecified atom stereocenters. The lowest BCUT2D eigenvalue weighted by molar-refractivity contribution is -0.384. The number of hydrogen-bond acceptors (Lipinski definition) is 5. The highest BCUT2D eigenvalue weighted by Crippen LogP contribution is 2.32. The maximum Gasteiger partial charge on any atom is 0.311 e. The van der Waals surface area contributed by atoms with E-state index in [9.17, 15) is 19.3 Å². The molecule has 1 aromatic rings. The molecule has 2 N–H and O–H groups in total. The summed E-state index contributed by atoms with van der Waals surface area (Å²) in [6, 6.07) is 1.38. The third-order valence-electron chi connectivity index (χ3n) is 2.97. The SMILES string of the molecule is O=C(O)C1COCC1Nc1cc(Br)c(F)cc1[N+](=O)[O-]. The molecule has 1 aliphatic rings. The van der Waals surface area contributed by atoms with Crippen molar-refractivity contribution in [3.63, 3.8) is 0 Å². The second kappa shape index (κ2) is 5.71. The number of carboxylic acids is 1. The van der Waals surface area contributed by atoms with E-state index in [1.165, 1.54) is 6.07 Å². The number of carboxylic acid groups (broad SMARTS) is 1. The Morgan fingerprint density at radius 3 is 2.85 bits per heavy atom. The number of hydrogen-bond donors (Lipinski definition) is 2. The molecule has 1 aliphatic heterocycles. The van der Waals surface area contributed by atoms with Gasteiger partial charge in [0.1, 0.15) is 17.4 Å². The molecule has 1 heterocycles. The minimum atomic E-state index is -1.05. The van der Waals surface area contributed by atoms with Crippen molar-refractivity contribution in [1.82, 2.24) is 0 Å². The summed E-state index contributed by atoms with van der Waals surface area (Å²) in [4.78, 5) is 21.2. The van der Waals surface area contributed by atoms with Crippen LogP contribution in [-0.4, -0.2) is 35.3 Å². The van der Waals surface area contributed by atoms with Gasteiger partial charge in [-0.3, -0.25) is 14.9 Å². The molecular weight excluding hydrogens is 339 g/mol. The first kappa shape index (κ1) is 14.7. The van der Waals surface area contributed by atoms with Crippen LogP contribution in [0.1, 0.15) is 0 Å². The second-order valence-electron chi connectivity index (χ2n) is 4.27. The van der Waals surface area contributed by atoms with Gasteiger partial charge in [-0.15, -0.1) is 0 Å². The Hall–Kier alpha value is -1.74. The summed E-state index contributed by atoms with van der Waals surface area (Å²) >= 11 is 2.94. The zero-order valence-electron chi connectivity index (χ0n) is 10.0. The van der Waals surface area contributed by atoms with Crippen LogP contribution < -0.4 is 5.32 Å². The van der Waals surface area contributed by atoms with Gasteiger partial charge in [0.15, 0.2) is 0 Å². The number of nitro groups is 1. The molecule has 108 valence electrons. The smallest absolute Gasteiger partial charge is 0.311 e. The van der Waals surface area contributed by atoms with Crippen molar-refractivity contribution < 1.29 is 24.0 Å². The highest BCUT2D eigenvalue weighted by atomic mass is 79.9. The third-order valence-corrected chi connectivity index (χ3v) is 3.58. The van der Waals surface area contributed by atoms with Crippen molar-refractivity contribution in [3.05, 3.63) is 32.5 Å². The Balaban J connectivity index is 2.31. The van der Waals surface area contributed by atoms with E-state index in [1.807, 2.05) is 0 Å². The summed E-state index contributed by atoms with van der Waals surface area (Å²) in [7, 11) is 0. The number of halogens is 2. The molecule has 2 rings (SSSR count). The number of benzene rings is 1. The fourth-order valence-electron chi connectivity index (χ4n) is 1.94. The predicted molar refractivity (Wildman–Crippen MR) is 70.1 cm³/mol. The molecule has 0 amide bonds. The maximum absolute atomic E-state index is 13.3. The molecule has 20 heavy (non-hydrogen) atoms. The first-order valence-electron chi connectivity index (χ1n) is 5.60. The van der Waals surface area contributed by atoms with Crippen LogP contribution in [0.3, 0.4) is 0 Å². The number of aliphatic carboxylic acids is 1. The fourth-order valence-corrected chi connectivity index (χ4v) is 2.29. The highest BCUT2D eigenvalue weighted by molar-refractivity contribution is 9.10. The van der Waals surface area contributed by atoms with Crippen LogP contribution in [0.5, 0.6) is 0 Å². The fraction of sp³-hybridized carbons (Fsp3) is 0.364. The van der Waals surface area contributed by atoms with E-state index in [0.717, 1.165) is 6.07 Å². The van der Waals surface area contributed by atoms with Crippen LogP contribution in [0.25, 0.3) is 0 Å². The van der Waals surface area contributed by atoms with Gasteiger partial charge in [-0.25, -0.2) is 4.39 Å². The molecule has 0 bridgehead atoms. The van der Waals surface area contributed by atoms with E-state index in [0.29, 0.717) is 0 Å². The number of anilines is 1. The predicted octanol–water partition coefficient (Wildman–Crippen LogP) is 2.01. The van der Waals surface area contributed by atoms with Crippen LogP contribution in [-0.2, 0) is 9.53 Å². The highest BCUT2D eigenvalue weighted by Gasteiger charge is 2.35. The Bertz CT molecular complexity index is 568. The van der Waals surface area contributed by atoms with Gasteiger partial charge >= 0.3 is 5.97 Å². The van der Waals surface area contributed by atoms with Crippen LogP contribution >= 0.6 is 15.9 Å². The quantitative estimate of drug-likeness (QED) is 0.637. The van der Waals surface area contributed by atoms with Crippen LogP contribution in [0.2, 0.25) is 0 Å². The molecule has 2 atom stereocenters. The van der Waals surface area contributed by atoms with Crippen molar-refractivity contribution in [2.75, 3.05) is 18.5 Å². The molecule has 9 heteroatoms. The average Bonchev–Trinajstić information content (AvgIpc) is 2.81. The summed E-state index contributed by atoms with van der Waals surface area (Å²) in [5.74, 6) is -2.62. The summed E-state index contributed by atoms with van der Waals surface area (Å²) in [6.45, 7) is 0.145. The summed E-state index contributed by atoms with van der Waals surface area (Å²) in [5.41, 5.74) is -0.410. The summed E-state index contributed by atoms with van der Waals surface area (Å²) in [6.07, 6.45) is 0. The lowest BCUT2D eigenvalue weighted by Crippen LogP contribution is -2.33. The molecule has 7 nitrogen and oxygen atoms in total. The average molecular weight is 349 g/mol. The van der Waals surface area contributed by atoms with E-state index in [1.54, 1.807) is 0 Å². The number of ether oxygens (including phenoxy) is 1. The summed E-state index contributed by atoms with van der Waals surface area (Å²) in [5, 5.41) is 22.7. The molecule has 0 aromatic heterocycles. The molecule has 0 radical (unpaired) electrons. The number of nitro benzene ring substituents is 1. The van der Waals surface area contributed by atoms with Gasteiger partial charge in [0.2, 0.25) is 0 Å². The van der Waals surface area contributed by atoms with Gasteiger partial charge in [-0.05, 0) is 22.0 Å². The number of nitrogens with one attached hydrogen (secondary N) is 1. The minimum Gasteiger partial charge on any atom is -0.481 e. The van der Waals surface area contributed by atoms with Crippen LogP contribution in [0.4, 0.5) is 15.8 Å². The van der Waals surface area contributed by atoms with Crippen molar-refractivity contribution in [1.29, 1.82) is 0 Å². The molecule has 1 aromatic carbocycles. The van der Waals surface area contributed by atoms with Crippen LogP contribution in [0.15, 0.2) is 16.6 Å². The van der Waals surface area contributed by atoms with E-state index in [-0.39, 0.29) is 23.4 Å². The molecule has 0 spiro atoms. The molecule has 1 fully saturated rings. The van der Waals surface area contributed by atoms with Crippen molar-refractivity contribution in [2.45, 2.75) is 6.04 Å². The van der Waals surface area contributed by atoms with Crippen molar-refractivity contribution in [3.8, 4) is 0 Å². The van der Waals surface area contributed by atoms with Gasteiger partial charge in [-0.1, -0.05) is 0 Å². The first-order valence-corrected chi connectivity index (χ1v) is 6.40. The maximum atomic E-state index is 13.3. The molecule has 0 saturated carbocycles. The third kappa shape index (κ3) is 2.88. The number of carbonyl (C=O) groups is 1. The largest absolute Gasteiger partial charge is 0.481 e.